The zero-order valence-electron chi connectivity index (χ0n) is 24.1. The summed E-state index contributed by atoms with van der Waals surface area (Å²) in [6, 6.07) is 29.1. The molecule has 0 radical (unpaired) electrons. The molecular weight excluding hydrogens is 520 g/mol. The minimum atomic E-state index is 0.435. The first-order valence-corrected chi connectivity index (χ1v) is 15.1. The quantitative estimate of drug-likeness (QED) is 0.140. The second-order valence-electron chi connectivity index (χ2n) is 11.2. The molecule has 2 heterocycles. The minimum absolute atomic E-state index is 0.435. The lowest BCUT2D eigenvalue weighted by molar-refractivity contribution is 0.452. The van der Waals surface area contributed by atoms with Crippen molar-refractivity contribution in [2.24, 2.45) is 5.92 Å². The molecule has 1 aliphatic rings. The summed E-state index contributed by atoms with van der Waals surface area (Å²) in [5.74, 6) is 2.97. The van der Waals surface area contributed by atoms with Crippen LogP contribution in [-0.4, -0.2) is 40.7 Å². The van der Waals surface area contributed by atoms with Gasteiger partial charge >= 0.3 is 0 Å². The van der Waals surface area contributed by atoms with E-state index in [1.165, 1.54) is 12.0 Å². The molecule has 0 spiro atoms. The number of aromatic nitrogens is 3. The van der Waals surface area contributed by atoms with Crippen molar-refractivity contribution in [1.29, 1.82) is 0 Å². The monoisotopic (exact) mass is 560 g/mol. The number of benzene rings is 3. The molecule has 1 aliphatic carbocycles. The van der Waals surface area contributed by atoms with Crippen LogP contribution in [0.3, 0.4) is 0 Å². The largest absolute Gasteiger partial charge is 0.457 e. The van der Waals surface area contributed by atoms with E-state index in [1.807, 2.05) is 42.5 Å². The van der Waals surface area contributed by atoms with Crippen LogP contribution in [0.5, 0.6) is 11.5 Å². The number of ether oxygens (including phenoxy) is 1. The molecule has 3 aromatic carbocycles. The van der Waals surface area contributed by atoms with Gasteiger partial charge in [-0.25, -0.2) is 9.97 Å². The van der Waals surface area contributed by atoms with E-state index in [9.17, 15) is 0 Å². The highest BCUT2D eigenvalue weighted by atomic mass is 16.5. The first-order chi connectivity index (χ1) is 20.7. The number of hydrogen-bond acceptors (Lipinski definition) is 6. The number of hydrogen-bond donors (Lipinski definition) is 3. The molecular formula is C35H40N6O. The van der Waals surface area contributed by atoms with Crippen LogP contribution in [0.2, 0.25) is 0 Å². The lowest BCUT2D eigenvalue weighted by Gasteiger charge is -2.15. The third-order valence-corrected chi connectivity index (χ3v) is 8.24. The number of fused-ring (bicyclic) bond motifs is 1. The molecule has 2 unspecified atom stereocenters. The fourth-order valence-electron chi connectivity index (χ4n) is 6.10. The fraction of sp³-hybridized carbons (Fsp3) is 0.314. The Bertz CT molecular complexity index is 1570. The van der Waals surface area contributed by atoms with Crippen LogP contribution in [-0.2, 0) is 6.42 Å². The molecule has 1 fully saturated rings. The van der Waals surface area contributed by atoms with Crippen LogP contribution in [0.4, 0.5) is 5.82 Å². The summed E-state index contributed by atoms with van der Waals surface area (Å²) in [5.41, 5.74) is 10.8. The Balaban J connectivity index is 0.916. The molecule has 1 saturated carbocycles. The van der Waals surface area contributed by atoms with E-state index in [1.54, 1.807) is 6.33 Å². The normalized spacial score (nSPS) is 16.7. The topological polar surface area (TPSA) is 90.0 Å². The smallest absolute Gasteiger partial charge is 0.146 e. The van der Waals surface area contributed by atoms with Gasteiger partial charge in [-0.05, 0) is 99.6 Å². The van der Waals surface area contributed by atoms with Gasteiger partial charge < -0.3 is 25.7 Å². The van der Waals surface area contributed by atoms with E-state index in [0.29, 0.717) is 17.8 Å². The summed E-state index contributed by atoms with van der Waals surface area (Å²) in [4.78, 5) is 8.94. The molecule has 7 heteroatoms. The maximum absolute atomic E-state index is 6.34. The van der Waals surface area contributed by atoms with Gasteiger partial charge in [0.15, 0.2) is 0 Å². The maximum Gasteiger partial charge on any atom is 0.146 e. The molecule has 2 aromatic heterocycles. The summed E-state index contributed by atoms with van der Waals surface area (Å²) >= 11 is 0. The number of anilines is 1. The molecule has 2 atom stereocenters. The number of nitrogens with two attached hydrogens (primary N) is 1. The maximum atomic E-state index is 6.34. The standard InChI is InChI=1S/C35H40N6O/c36-34-33-32(28-10-3-1-4-11-28)24-41(35(33)40-25-39-34)29-16-15-27(21-29)23-38-19-8-18-37-20-17-26-9-7-14-31(22-26)42-30-12-5-2-6-13-30/h1-7,9-14,22,24-25,27,29,37-38H,8,15-21,23H2,(H2,36,39,40). The van der Waals surface area contributed by atoms with Gasteiger partial charge in [0, 0.05) is 17.8 Å². The molecule has 0 saturated heterocycles. The van der Waals surface area contributed by atoms with Gasteiger partial charge in [0.2, 0.25) is 0 Å². The van der Waals surface area contributed by atoms with Crippen molar-refractivity contribution in [2.75, 3.05) is 31.9 Å². The lowest BCUT2D eigenvalue weighted by atomic mass is 10.1. The van der Waals surface area contributed by atoms with Crippen LogP contribution in [0, 0.1) is 5.92 Å². The molecule has 0 bridgehead atoms. The fourth-order valence-corrected chi connectivity index (χ4v) is 6.10. The molecule has 5 aromatic rings. The first kappa shape index (κ1) is 27.9. The second kappa shape index (κ2) is 13.6. The van der Waals surface area contributed by atoms with E-state index in [0.717, 1.165) is 85.5 Å². The Labute approximate surface area is 248 Å². The van der Waals surface area contributed by atoms with Gasteiger partial charge in [-0.15, -0.1) is 0 Å². The number of nitrogens with zero attached hydrogens (tertiary/aromatic N) is 3. The number of rotatable bonds is 13. The number of nitrogen functional groups attached to an aromatic ring is 1. The van der Waals surface area contributed by atoms with Crippen molar-refractivity contribution in [3.8, 4) is 22.6 Å². The van der Waals surface area contributed by atoms with Crippen LogP contribution in [0.15, 0.2) is 97.5 Å². The third-order valence-electron chi connectivity index (χ3n) is 8.24. The Hall–Kier alpha value is -4.20. The summed E-state index contributed by atoms with van der Waals surface area (Å²) in [6.45, 7) is 4.07. The second-order valence-corrected chi connectivity index (χ2v) is 11.2. The third kappa shape index (κ3) is 6.81. The lowest BCUT2D eigenvalue weighted by Crippen LogP contribution is -2.26. The first-order valence-electron chi connectivity index (χ1n) is 15.1. The van der Waals surface area contributed by atoms with Crippen molar-refractivity contribution in [1.82, 2.24) is 25.2 Å². The highest BCUT2D eigenvalue weighted by Crippen LogP contribution is 2.40. The van der Waals surface area contributed by atoms with E-state index in [2.05, 4.69) is 73.8 Å². The van der Waals surface area contributed by atoms with Crippen molar-refractivity contribution in [2.45, 2.75) is 38.1 Å². The molecule has 216 valence electrons. The molecule has 6 rings (SSSR count). The van der Waals surface area contributed by atoms with Crippen LogP contribution in [0.1, 0.15) is 37.3 Å². The predicted molar refractivity (Wildman–Crippen MR) is 171 cm³/mol. The summed E-state index contributed by atoms with van der Waals surface area (Å²) < 4.78 is 8.32. The van der Waals surface area contributed by atoms with Gasteiger partial charge in [-0.1, -0.05) is 60.7 Å². The average Bonchev–Trinajstić information content (AvgIpc) is 3.65. The molecule has 0 amide bonds. The zero-order valence-corrected chi connectivity index (χ0v) is 24.1. The van der Waals surface area contributed by atoms with Crippen molar-refractivity contribution in [3.63, 3.8) is 0 Å². The molecule has 7 nitrogen and oxygen atoms in total. The Morgan fingerprint density at radius 3 is 2.48 bits per heavy atom. The minimum Gasteiger partial charge on any atom is -0.457 e. The molecule has 0 aliphatic heterocycles. The highest BCUT2D eigenvalue weighted by Gasteiger charge is 2.28. The van der Waals surface area contributed by atoms with E-state index in [4.69, 9.17) is 10.5 Å². The Kier molecular flexibility index (Phi) is 9.08. The van der Waals surface area contributed by atoms with Crippen LogP contribution in [0.25, 0.3) is 22.2 Å². The number of para-hydroxylation sites is 1. The summed E-state index contributed by atoms with van der Waals surface area (Å²) in [5, 5.41) is 8.26. The Morgan fingerprint density at radius 2 is 1.62 bits per heavy atom. The average molecular weight is 561 g/mol. The van der Waals surface area contributed by atoms with Crippen molar-refractivity contribution in [3.05, 3.63) is 103 Å². The Morgan fingerprint density at radius 1 is 0.833 bits per heavy atom. The van der Waals surface area contributed by atoms with E-state index in [-0.39, 0.29) is 0 Å². The molecule has 4 N–H and O–H groups in total. The highest BCUT2D eigenvalue weighted by molar-refractivity contribution is 6.00. The number of nitrogens with one attached hydrogen (secondary N) is 2. The summed E-state index contributed by atoms with van der Waals surface area (Å²) in [6.07, 6.45) is 9.47. The van der Waals surface area contributed by atoms with Gasteiger partial charge in [-0.3, -0.25) is 0 Å². The van der Waals surface area contributed by atoms with E-state index >= 15 is 0 Å². The van der Waals surface area contributed by atoms with Crippen molar-refractivity contribution >= 4 is 16.9 Å². The van der Waals surface area contributed by atoms with E-state index < -0.39 is 0 Å². The molecule has 42 heavy (non-hydrogen) atoms. The van der Waals surface area contributed by atoms with Crippen LogP contribution < -0.4 is 21.1 Å². The predicted octanol–water partition coefficient (Wildman–Crippen LogP) is 6.63. The van der Waals surface area contributed by atoms with Gasteiger partial charge in [0.1, 0.15) is 29.3 Å². The van der Waals surface area contributed by atoms with Gasteiger partial charge in [0.25, 0.3) is 0 Å². The SMILES string of the molecule is Nc1ncnc2c1c(-c1ccccc1)cn2C1CCC(CNCCCNCCc2cccc(Oc3ccccc3)c2)C1. The summed E-state index contributed by atoms with van der Waals surface area (Å²) in [7, 11) is 0. The zero-order chi connectivity index (χ0) is 28.6. The van der Waals surface area contributed by atoms with Gasteiger partial charge in [0.05, 0.1) is 5.39 Å². The van der Waals surface area contributed by atoms with Crippen molar-refractivity contribution < 1.29 is 4.74 Å². The van der Waals surface area contributed by atoms with Gasteiger partial charge in [-0.2, -0.15) is 0 Å². The van der Waals surface area contributed by atoms with Crippen LogP contribution >= 0.6 is 0 Å².